The number of halogens is 5. The Morgan fingerprint density at radius 3 is 2.65 bits per heavy atom. The highest BCUT2D eigenvalue weighted by Gasteiger charge is 2.38. The molecule has 0 aliphatic rings. The maximum Gasteiger partial charge on any atom is 0.435 e. The number of carbonyl (C=O) groups excluding carboxylic acids is 1. The van der Waals surface area contributed by atoms with Gasteiger partial charge in [-0.25, -0.2) is 22.3 Å². The van der Waals surface area contributed by atoms with Gasteiger partial charge in [-0.05, 0) is 43.7 Å². The monoisotopic (exact) mass is 547 g/mol. The predicted octanol–water partition coefficient (Wildman–Crippen LogP) is 3.92. The Kier molecular flexibility index (Phi) is 8.68. The normalized spacial score (nSPS) is 13.5. The first-order valence-corrected chi connectivity index (χ1v) is 13.0. The van der Waals surface area contributed by atoms with E-state index in [4.69, 9.17) is 5.73 Å². The molecule has 0 bridgehead atoms. The van der Waals surface area contributed by atoms with Crippen molar-refractivity contribution in [3.05, 3.63) is 58.4 Å². The van der Waals surface area contributed by atoms with Crippen molar-refractivity contribution in [1.29, 1.82) is 0 Å². The second kappa shape index (κ2) is 11.4. The Morgan fingerprint density at radius 1 is 1.30 bits per heavy atom. The number of aryl methyl sites for hydroxylation is 1. The minimum atomic E-state index is -4.85. The van der Waals surface area contributed by atoms with Gasteiger partial charge in [-0.3, -0.25) is 9.89 Å². The van der Waals surface area contributed by atoms with Crippen LogP contribution in [0.25, 0.3) is 0 Å². The first kappa shape index (κ1) is 28.2. The van der Waals surface area contributed by atoms with Gasteiger partial charge < -0.3 is 16.0 Å². The number of H-pyrrole nitrogens is 2. The van der Waals surface area contributed by atoms with Crippen LogP contribution in [0, 0.1) is 6.92 Å². The van der Waals surface area contributed by atoms with Crippen LogP contribution in [-0.2, 0) is 28.7 Å². The highest BCUT2D eigenvalue weighted by Crippen LogP contribution is 2.33. The number of hydrogen-bond donors (Lipinski definition) is 4. The summed E-state index contributed by atoms with van der Waals surface area (Å²) in [6.45, 7) is 2.51. The summed E-state index contributed by atoms with van der Waals surface area (Å²) in [4.78, 5) is 19.7. The number of nitrogens with zero attached hydrogens (tertiary/aromatic N) is 3. The topological polar surface area (TPSA) is 142 Å². The molecule has 1 unspecified atom stereocenters. The number of amides is 1. The minimum Gasteiger partial charge on any atom is -0.337 e. The van der Waals surface area contributed by atoms with Gasteiger partial charge in [0.25, 0.3) is 5.91 Å². The van der Waals surface area contributed by atoms with Crippen LogP contribution in [-0.4, -0.2) is 56.1 Å². The van der Waals surface area contributed by atoms with Crippen LogP contribution in [0.2, 0.25) is 0 Å². The van der Waals surface area contributed by atoms with Crippen molar-refractivity contribution in [2.24, 2.45) is 10.1 Å². The zero-order valence-corrected chi connectivity index (χ0v) is 20.8. The van der Waals surface area contributed by atoms with Crippen LogP contribution in [0.1, 0.15) is 45.2 Å². The minimum absolute atomic E-state index is 0.101. The number of anilines is 1. The van der Waals surface area contributed by atoms with Crippen molar-refractivity contribution >= 4 is 21.3 Å². The summed E-state index contributed by atoms with van der Waals surface area (Å²) in [5.41, 5.74) is 4.45. The summed E-state index contributed by atoms with van der Waals surface area (Å²) in [6.07, 6.45) is -5.83. The van der Waals surface area contributed by atoms with Gasteiger partial charge in [-0.1, -0.05) is 0 Å². The lowest BCUT2D eigenvalue weighted by molar-refractivity contribution is -0.141. The number of carbonyl (C=O) groups is 1. The fraction of sp³-hybridized carbons (Fsp3) is 0.409. The molecule has 0 aliphatic carbocycles. The lowest BCUT2D eigenvalue weighted by Gasteiger charge is -2.11. The first-order valence-electron chi connectivity index (χ1n) is 11.1. The largest absolute Gasteiger partial charge is 0.435 e. The quantitative estimate of drug-likeness (QED) is 0.225. The van der Waals surface area contributed by atoms with Gasteiger partial charge in [0, 0.05) is 48.1 Å². The van der Waals surface area contributed by atoms with Crippen LogP contribution in [0.5, 0.6) is 0 Å². The van der Waals surface area contributed by atoms with E-state index in [2.05, 4.69) is 24.7 Å². The van der Waals surface area contributed by atoms with E-state index >= 15 is 0 Å². The molecule has 2 aromatic heterocycles. The summed E-state index contributed by atoms with van der Waals surface area (Å²) in [7, 11) is -2.65. The Balaban J connectivity index is 1.77. The van der Waals surface area contributed by atoms with Crippen LogP contribution >= 0.6 is 0 Å². The molecule has 3 rings (SSSR count). The first-order chi connectivity index (χ1) is 17.3. The van der Waals surface area contributed by atoms with Gasteiger partial charge in [-0.15, -0.1) is 0 Å². The van der Waals surface area contributed by atoms with Crippen molar-refractivity contribution < 1.29 is 31.0 Å². The molecule has 0 saturated carbocycles. The molecule has 0 aliphatic heterocycles. The van der Waals surface area contributed by atoms with Crippen molar-refractivity contribution in [3.63, 3.8) is 0 Å². The molecule has 15 heteroatoms. The van der Waals surface area contributed by atoms with Crippen LogP contribution in [0.15, 0.2) is 33.7 Å². The van der Waals surface area contributed by atoms with E-state index in [0.29, 0.717) is 35.7 Å². The maximum atomic E-state index is 13.3. The van der Waals surface area contributed by atoms with Crippen molar-refractivity contribution in [2.45, 2.75) is 43.7 Å². The zero-order valence-electron chi connectivity index (χ0n) is 20.0. The molecule has 0 spiro atoms. The van der Waals surface area contributed by atoms with Crippen molar-refractivity contribution in [3.8, 4) is 0 Å². The molecule has 0 fully saturated rings. The molecule has 1 amide bonds. The van der Waals surface area contributed by atoms with E-state index in [1.165, 1.54) is 6.26 Å². The average Bonchev–Trinajstić information content (AvgIpc) is 3.41. The maximum absolute atomic E-state index is 13.3. The lowest BCUT2D eigenvalue weighted by atomic mass is 10.1. The molecule has 3 aromatic rings. The molecule has 0 radical (unpaired) electrons. The Hall–Kier alpha value is -3.33. The van der Waals surface area contributed by atoms with Gasteiger partial charge >= 0.3 is 6.18 Å². The molecule has 1 atom stereocenters. The van der Waals surface area contributed by atoms with E-state index in [-0.39, 0.29) is 17.2 Å². The highest BCUT2D eigenvalue weighted by atomic mass is 32.2. The summed E-state index contributed by atoms with van der Waals surface area (Å²) in [5.74, 6) is -0.875. The third-order valence-electron chi connectivity index (χ3n) is 5.33. The molecule has 5 N–H and O–H groups in total. The molecular formula is C22H26F5N7O2S. The Labute approximate surface area is 209 Å². The number of benzene rings is 1. The van der Waals surface area contributed by atoms with E-state index in [1.807, 2.05) is 5.10 Å². The summed E-state index contributed by atoms with van der Waals surface area (Å²) in [6, 6.07) is 4.74. The van der Waals surface area contributed by atoms with E-state index in [1.54, 1.807) is 25.1 Å². The van der Waals surface area contributed by atoms with Crippen molar-refractivity contribution in [2.75, 3.05) is 24.7 Å². The molecule has 2 heterocycles. The number of rotatable bonds is 10. The molecule has 1 aromatic carbocycles. The number of alkyl halides is 5. The van der Waals surface area contributed by atoms with E-state index in [0.717, 1.165) is 6.20 Å². The third-order valence-corrected chi connectivity index (χ3v) is 7.28. The SMILES string of the molecule is Cc1cc(NC(=O)c2ncc(Cc3c(C(F)(F)F)n[nH]c3CC(F)F)[nH]2)ccc1S(C)(=O)=NCCCN. The van der Waals surface area contributed by atoms with Crippen LogP contribution < -0.4 is 11.1 Å². The lowest BCUT2D eigenvalue weighted by Crippen LogP contribution is -2.14. The standard InChI is InChI=1S/C22H26F5N7O2S/c1-12-8-13(4-5-17(12)37(2,36)30-7-3-6-28)32-21(35)20-29-11-14(31-20)9-15-16(10-18(23)24)33-34-19(15)22(25,26)27/h4-5,8,11,18H,3,6-7,9-10,28H2,1-2H3,(H,29,31)(H,32,35)(H,33,34). The number of aromatic amines is 2. The van der Waals surface area contributed by atoms with Crippen molar-refractivity contribution in [1.82, 2.24) is 20.2 Å². The number of hydrogen-bond acceptors (Lipinski definition) is 6. The van der Waals surface area contributed by atoms with E-state index < -0.39 is 52.3 Å². The second-order valence-electron chi connectivity index (χ2n) is 8.29. The molecule has 9 nitrogen and oxygen atoms in total. The van der Waals surface area contributed by atoms with Gasteiger partial charge in [0.2, 0.25) is 6.43 Å². The molecule has 0 saturated heterocycles. The zero-order chi connectivity index (χ0) is 27.4. The second-order valence-corrected chi connectivity index (χ2v) is 10.6. The highest BCUT2D eigenvalue weighted by molar-refractivity contribution is 7.93. The van der Waals surface area contributed by atoms with Crippen LogP contribution in [0.4, 0.5) is 27.6 Å². The van der Waals surface area contributed by atoms with Gasteiger partial charge in [0.05, 0.1) is 21.0 Å². The average molecular weight is 548 g/mol. The number of imidazole rings is 1. The van der Waals surface area contributed by atoms with Gasteiger partial charge in [-0.2, -0.15) is 18.3 Å². The van der Waals surface area contributed by atoms with E-state index in [9.17, 15) is 31.0 Å². The smallest absolute Gasteiger partial charge is 0.337 e. The molecule has 37 heavy (non-hydrogen) atoms. The molecular weight excluding hydrogens is 521 g/mol. The number of nitrogens with two attached hydrogens (primary N) is 1. The Bertz CT molecular complexity index is 1370. The number of aromatic nitrogens is 4. The van der Waals surface area contributed by atoms with Gasteiger partial charge in [0.15, 0.2) is 11.5 Å². The predicted molar refractivity (Wildman–Crippen MR) is 127 cm³/mol. The summed E-state index contributed by atoms with van der Waals surface area (Å²) < 4.78 is 82.7. The number of nitrogens with one attached hydrogen (secondary N) is 3. The summed E-state index contributed by atoms with van der Waals surface area (Å²) in [5, 5.41) is 7.80. The fourth-order valence-electron chi connectivity index (χ4n) is 3.65. The summed E-state index contributed by atoms with van der Waals surface area (Å²) >= 11 is 0. The van der Waals surface area contributed by atoms with Crippen LogP contribution in [0.3, 0.4) is 0 Å². The fourth-order valence-corrected chi connectivity index (χ4v) is 5.24. The van der Waals surface area contributed by atoms with Gasteiger partial charge in [0.1, 0.15) is 0 Å². The molecule has 202 valence electrons. The Morgan fingerprint density at radius 2 is 2.03 bits per heavy atom. The third kappa shape index (κ3) is 7.13.